The summed E-state index contributed by atoms with van der Waals surface area (Å²) < 4.78 is 13.3. The van der Waals surface area contributed by atoms with Gasteiger partial charge in [0.15, 0.2) is 5.82 Å². The van der Waals surface area contributed by atoms with Gasteiger partial charge in [-0.3, -0.25) is 0 Å². The molecule has 1 aromatic heterocycles. The molecule has 0 unspecified atom stereocenters. The minimum atomic E-state index is -0.483. The van der Waals surface area contributed by atoms with Crippen LogP contribution in [0.1, 0.15) is 16.7 Å². The molecule has 0 radical (unpaired) electrons. The Hall–Kier alpha value is -2.31. The predicted octanol–water partition coefficient (Wildman–Crippen LogP) is 2.88. The van der Waals surface area contributed by atoms with Gasteiger partial charge < -0.3 is 10.9 Å². The van der Waals surface area contributed by atoms with Crippen molar-refractivity contribution in [3.05, 3.63) is 58.0 Å². The number of benzene rings is 1. The summed E-state index contributed by atoms with van der Waals surface area (Å²) in [5.74, 6) is 0.116. The van der Waals surface area contributed by atoms with Crippen molar-refractivity contribution >= 4 is 28.8 Å². The van der Waals surface area contributed by atoms with Crippen LogP contribution in [-0.4, -0.2) is 28.2 Å². The molecule has 7 heteroatoms. The van der Waals surface area contributed by atoms with E-state index in [1.54, 1.807) is 18.3 Å². The van der Waals surface area contributed by atoms with Gasteiger partial charge in [0, 0.05) is 42.4 Å². The Morgan fingerprint density at radius 3 is 2.91 bits per heavy atom. The van der Waals surface area contributed by atoms with E-state index in [4.69, 9.17) is 17.3 Å². The van der Waals surface area contributed by atoms with Crippen LogP contribution in [0.15, 0.2) is 40.6 Å². The van der Waals surface area contributed by atoms with Crippen LogP contribution < -0.4 is 5.73 Å². The zero-order chi connectivity index (χ0) is 16.4. The average Bonchev–Trinajstić information content (AvgIpc) is 2.99. The highest BCUT2D eigenvalue weighted by atomic mass is 35.5. The summed E-state index contributed by atoms with van der Waals surface area (Å²) in [6.45, 7) is 0.356. The number of hydrogen-bond donors (Lipinski definition) is 2. The second-order valence-corrected chi connectivity index (χ2v) is 5.60. The molecule has 0 bridgehead atoms. The molecule has 1 aromatic carbocycles. The first-order valence-corrected chi connectivity index (χ1v) is 7.39. The number of oxime groups is 1. The zero-order valence-corrected chi connectivity index (χ0v) is 12.9. The summed E-state index contributed by atoms with van der Waals surface area (Å²) >= 11 is 5.80. The molecule has 2 aromatic rings. The van der Waals surface area contributed by atoms with E-state index in [1.165, 1.54) is 12.1 Å². The van der Waals surface area contributed by atoms with Crippen molar-refractivity contribution < 1.29 is 9.60 Å². The maximum atomic E-state index is 13.3. The molecule has 0 aliphatic carbocycles. The highest BCUT2D eigenvalue weighted by molar-refractivity contribution is 6.30. The maximum Gasteiger partial charge on any atom is 0.156 e. The highest BCUT2D eigenvalue weighted by Gasteiger charge is 2.21. The summed E-state index contributed by atoms with van der Waals surface area (Å²) in [6.07, 6.45) is 2.50. The smallest absolute Gasteiger partial charge is 0.156 e. The largest absolute Gasteiger partial charge is 0.411 e. The molecular formula is C16H14ClFN4O. The minimum absolute atomic E-state index is 0.0356. The molecule has 3 rings (SSSR count). The molecule has 5 nitrogen and oxygen atoms in total. The fraction of sp³-hybridized carbons (Fsp3) is 0.188. The number of nitrogens with two attached hydrogens (primary N) is 1. The lowest BCUT2D eigenvalue weighted by Gasteiger charge is -2.10. The van der Waals surface area contributed by atoms with Crippen LogP contribution in [0.5, 0.6) is 0 Å². The Kier molecular flexibility index (Phi) is 4.36. The van der Waals surface area contributed by atoms with E-state index in [0.29, 0.717) is 30.9 Å². The number of halogens is 2. The third kappa shape index (κ3) is 3.09. The maximum absolute atomic E-state index is 13.3. The Bertz CT molecular complexity index is 820. The van der Waals surface area contributed by atoms with E-state index in [9.17, 15) is 9.60 Å². The predicted molar refractivity (Wildman–Crippen MR) is 87.5 cm³/mol. The van der Waals surface area contributed by atoms with Crippen molar-refractivity contribution in [1.82, 2.24) is 4.98 Å². The molecule has 1 aliphatic rings. The third-order valence-electron chi connectivity index (χ3n) is 3.70. The molecule has 1 aliphatic heterocycles. The van der Waals surface area contributed by atoms with E-state index in [-0.39, 0.29) is 5.02 Å². The van der Waals surface area contributed by atoms with E-state index >= 15 is 0 Å². The van der Waals surface area contributed by atoms with Crippen LogP contribution in [0.3, 0.4) is 0 Å². The van der Waals surface area contributed by atoms with Crippen LogP contribution in [0, 0.1) is 5.82 Å². The number of fused-ring (bicyclic) bond motifs is 1. The fourth-order valence-electron chi connectivity index (χ4n) is 2.56. The van der Waals surface area contributed by atoms with Gasteiger partial charge in [-0.25, -0.2) is 14.4 Å². The summed E-state index contributed by atoms with van der Waals surface area (Å²) in [5.41, 5.74) is 9.30. The Labute approximate surface area is 137 Å². The first kappa shape index (κ1) is 15.6. The van der Waals surface area contributed by atoms with Gasteiger partial charge in [0.2, 0.25) is 0 Å². The Morgan fingerprint density at radius 2 is 2.22 bits per heavy atom. The molecule has 23 heavy (non-hydrogen) atoms. The Morgan fingerprint density at radius 1 is 1.39 bits per heavy atom. The SMILES string of the molecule is NCC1=Nc2nccc(/C(Cc3ccc(F)c(Cl)c3)=N/O)c2C1. The summed E-state index contributed by atoms with van der Waals surface area (Å²) in [6, 6.07) is 6.19. The molecule has 0 saturated carbocycles. The number of aromatic nitrogens is 1. The molecular weight excluding hydrogens is 319 g/mol. The molecule has 2 heterocycles. The van der Waals surface area contributed by atoms with Crippen molar-refractivity contribution in [2.75, 3.05) is 6.54 Å². The van der Waals surface area contributed by atoms with Crippen LogP contribution in [0.2, 0.25) is 5.02 Å². The zero-order valence-electron chi connectivity index (χ0n) is 12.1. The molecule has 0 atom stereocenters. The first-order chi connectivity index (χ1) is 11.1. The lowest BCUT2D eigenvalue weighted by Crippen LogP contribution is -2.15. The van der Waals surface area contributed by atoms with Crippen LogP contribution in [0.4, 0.5) is 10.2 Å². The van der Waals surface area contributed by atoms with Gasteiger partial charge in [0.05, 0.1) is 10.7 Å². The van der Waals surface area contributed by atoms with Crippen molar-refractivity contribution in [3.8, 4) is 0 Å². The number of aliphatic imine (C=N–C) groups is 1. The molecule has 0 amide bonds. The van der Waals surface area contributed by atoms with Crippen LogP contribution >= 0.6 is 11.6 Å². The number of rotatable bonds is 4. The highest BCUT2D eigenvalue weighted by Crippen LogP contribution is 2.28. The van der Waals surface area contributed by atoms with Crippen molar-refractivity contribution in [2.24, 2.45) is 15.9 Å². The second-order valence-electron chi connectivity index (χ2n) is 5.19. The fourth-order valence-corrected chi connectivity index (χ4v) is 2.76. The molecule has 118 valence electrons. The van der Waals surface area contributed by atoms with E-state index in [1.807, 2.05) is 0 Å². The third-order valence-corrected chi connectivity index (χ3v) is 3.99. The van der Waals surface area contributed by atoms with Crippen LogP contribution in [0.25, 0.3) is 0 Å². The monoisotopic (exact) mass is 332 g/mol. The summed E-state index contributed by atoms with van der Waals surface area (Å²) in [5, 5.41) is 12.9. The minimum Gasteiger partial charge on any atom is -0.411 e. The first-order valence-electron chi connectivity index (χ1n) is 7.02. The normalized spacial score (nSPS) is 13.9. The van der Waals surface area contributed by atoms with Gasteiger partial charge in [-0.05, 0) is 23.8 Å². The molecule has 0 fully saturated rings. The van der Waals surface area contributed by atoms with Gasteiger partial charge in [-0.1, -0.05) is 22.8 Å². The van der Waals surface area contributed by atoms with E-state index in [2.05, 4.69) is 15.1 Å². The molecule has 0 spiro atoms. The van der Waals surface area contributed by atoms with Crippen molar-refractivity contribution in [1.29, 1.82) is 0 Å². The lowest BCUT2D eigenvalue weighted by molar-refractivity contribution is 0.318. The standard InChI is InChI=1S/C16H14ClFN4O/c17-13-5-9(1-2-14(13)18)6-15(22-23)11-3-4-20-16-12(11)7-10(8-19)21-16/h1-5,23H,6-8,19H2/b22-15+. The number of pyridine rings is 1. The van der Waals surface area contributed by atoms with Gasteiger partial charge >= 0.3 is 0 Å². The van der Waals surface area contributed by atoms with Gasteiger partial charge in [-0.15, -0.1) is 0 Å². The summed E-state index contributed by atoms with van der Waals surface area (Å²) in [4.78, 5) is 8.57. The van der Waals surface area contributed by atoms with Crippen molar-refractivity contribution in [3.63, 3.8) is 0 Å². The lowest BCUT2D eigenvalue weighted by atomic mass is 9.97. The topological polar surface area (TPSA) is 83.9 Å². The molecule has 0 saturated heterocycles. The van der Waals surface area contributed by atoms with Gasteiger partial charge in [0.1, 0.15) is 5.82 Å². The Balaban J connectivity index is 1.92. The molecule has 3 N–H and O–H groups in total. The number of nitrogens with zero attached hydrogens (tertiary/aromatic N) is 3. The van der Waals surface area contributed by atoms with Gasteiger partial charge in [-0.2, -0.15) is 0 Å². The van der Waals surface area contributed by atoms with Gasteiger partial charge in [0.25, 0.3) is 0 Å². The van der Waals surface area contributed by atoms with E-state index < -0.39 is 5.82 Å². The average molecular weight is 333 g/mol. The van der Waals surface area contributed by atoms with Crippen LogP contribution in [-0.2, 0) is 12.8 Å². The second kappa shape index (κ2) is 6.44. The van der Waals surface area contributed by atoms with Crippen molar-refractivity contribution in [2.45, 2.75) is 12.8 Å². The van der Waals surface area contributed by atoms with E-state index in [0.717, 1.165) is 22.4 Å². The number of hydrogen-bond acceptors (Lipinski definition) is 5. The quantitative estimate of drug-likeness (QED) is 0.513. The summed E-state index contributed by atoms with van der Waals surface area (Å²) in [7, 11) is 0.